The second kappa shape index (κ2) is 5.26. The van der Waals surface area contributed by atoms with Gasteiger partial charge in [0, 0.05) is 21.9 Å². The lowest BCUT2D eigenvalue weighted by Gasteiger charge is -2.30. The van der Waals surface area contributed by atoms with Crippen molar-refractivity contribution >= 4 is 27.3 Å². The molecule has 0 fully saturated rings. The molecule has 1 unspecified atom stereocenters. The Hall–Kier alpha value is 0.100. The molecule has 1 aromatic heterocycles. The zero-order valence-electron chi connectivity index (χ0n) is 8.83. The number of nitrogens with two attached hydrogens (primary N) is 1. The maximum atomic E-state index is 5.82. The van der Waals surface area contributed by atoms with Crippen molar-refractivity contribution in [2.45, 2.75) is 25.9 Å². The van der Waals surface area contributed by atoms with Crippen LogP contribution in [0, 0.1) is 0 Å². The topological polar surface area (TPSA) is 29.3 Å². The van der Waals surface area contributed by atoms with E-state index in [-0.39, 0.29) is 0 Å². The molecule has 0 aliphatic rings. The number of nitrogens with zero attached hydrogens (tertiary/aromatic N) is 1. The van der Waals surface area contributed by atoms with Crippen molar-refractivity contribution in [1.82, 2.24) is 4.90 Å². The van der Waals surface area contributed by atoms with Gasteiger partial charge in [0.15, 0.2) is 0 Å². The lowest BCUT2D eigenvalue weighted by molar-refractivity contribution is 0.203. The second-order valence-corrected chi connectivity index (χ2v) is 5.45. The summed E-state index contributed by atoms with van der Waals surface area (Å²) in [5.41, 5.74) is 5.82. The molecular weight excluding hydrogens is 260 g/mol. The zero-order valence-corrected chi connectivity index (χ0v) is 11.2. The van der Waals surface area contributed by atoms with Crippen LogP contribution in [0.25, 0.3) is 0 Å². The fraction of sp³-hybridized carbons (Fsp3) is 0.600. The predicted octanol–water partition coefficient (Wildman–Crippen LogP) is 2.85. The number of thiophene rings is 1. The van der Waals surface area contributed by atoms with E-state index in [0.29, 0.717) is 18.6 Å². The first-order valence-corrected chi connectivity index (χ1v) is 6.40. The number of halogens is 1. The third kappa shape index (κ3) is 2.57. The van der Waals surface area contributed by atoms with E-state index >= 15 is 0 Å². The van der Waals surface area contributed by atoms with Crippen LogP contribution >= 0.6 is 27.3 Å². The van der Waals surface area contributed by atoms with Crippen molar-refractivity contribution in [3.8, 4) is 0 Å². The van der Waals surface area contributed by atoms with E-state index in [0.717, 1.165) is 0 Å². The highest BCUT2D eigenvalue weighted by atomic mass is 79.9. The highest BCUT2D eigenvalue weighted by molar-refractivity contribution is 9.10. The Labute approximate surface area is 98.2 Å². The molecule has 0 spiro atoms. The maximum absolute atomic E-state index is 5.82. The molecule has 0 radical (unpaired) electrons. The van der Waals surface area contributed by atoms with Gasteiger partial charge in [-0.1, -0.05) is 0 Å². The molecule has 14 heavy (non-hydrogen) atoms. The fourth-order valence-electron chi connectivity index (χ4n) is 1.36. The van der Waals surface area contributed by atoms with Crippen LogP contribution in [-0.2, 0) is 0 Å². The van der Waals surface area contributed by atoms with Crippen LogP contribution in [-0.4, -0.2) is 24.5 Å². The first kappa shape index (κ1) is 12.2. The largest absolute Gasteiger partial charge is 0.329 e. The van der Waals surface area contributed by atoms with Crippen LogP contribution in [0.4, 0.5) is 0 Å². The molecule has 1 heterocycles. The molecule has 80 valence electrons. The number of hydrogen-bond donors (Lipinski definition) is 1. The monoisotopic (exact) mass is 276 g/mol. The van der Waals surface area contributed by atoms with Crippen molar-refractivity contribution < 1.29 is 0 Å². The van der Waals surface area contributed by atoms with Gasteiger partial charge in [-0.25, -0.2) is 0 Å². The molecule has 1 aromatic rings. The average molecular weight is 277 g/mol. The SMILES string of the molecule is CC(C)N(C)C(CN)c1sccc1Br. The Morgan fingerprint density at radius 2 is 2.21 bits per heavy atom. The van der Waals surface area contributed by atoms with Gasteiger partial charge in [-0.2, -0.15) is 0 Å². The van der Waals surface area contributed by atoms with E-state index < -0.39 is 0 Å². The van der Waals surface area contributed by atoms with E-state index in [1.165, 1.54) is 9.35 Å². The molecule has 0 aliphatic carbocycles. The summed E-state index contributed by atoms with van der Waals surface area (Å²) in [5, 5.41) is 2.09. The fourth-order valence-corrected chi connectivity index (χ4v) is 3.16. The van der Waals surface area contributed by atoms with Crippen LogP contribution in [0.15, 0.2) is 15.9 Å². The van der Waals surface area contributed by atoms with Crippen LogP contribution in [0.3, 0.4) is 0 Å². The normalized spacial score (nSPS) is 13.9. The minimum Gasteiger partial charge on any atom is -0.329 e. The van der Waals surface area contributed by atoms with E-state index in [9.17, 15) is 0 Å². The Balaban J connectivity index is 2.87. The van der Waals surface area contributed by atoms with Gasteiger partial charge in [0.1, 0.15) is 0 Å². The number of likely N-dealkylation sites (N-methyl/N-ethyl adjacent to an activating group) is 1. The Kier molecular flexibility index (Phi) is 4.57. The van der Waals surface area contributed by atoms with Gasteiger partial charge >= 0.3 is 0 Å². The third-order valence-electron chi connectivity index (χ3n) is 2.48. The summed E-state index contributed by atoms with van der Waals surface area (Å²) in [7, 11) is 2.12. The molecule has 1 atom stereocenters. The Morgan fingerprint density at radius 3 is 2.57 bits per heavy atom. The molecule has 2 N–H and O–H groups in total. The highest BCUT2D eigenvalue weighted by Gasteiger charge is 2.20. The molecule has 1 rings (SSSR count). The highest BCUT2D eigenvalue weighted by Crippen LogP contribution is 2.32. The van der Waals surface area contributed by atoms with Crippen LogP contribution in [0.5, 0.6) is 0 Å². The van der Waals surface area contributed by atoms with Crippen LogP contribution < -0.4 is 5.73 Å². The summed E-state index contributed by atoms with van der Waals surface area (Å²) in [5.74, 6) is 0. The van der Waals surface area contributed by atoms with Crippen molar-refractivity contribution in [3.05, 3.63) is 20.8 Å². The van der Waals surface area contributed by atoms with Crippen molar-refractivity contribution in [2.75, 3.05) is 13.6 Å². The predicted molar refractivity (Wildman–Crippen MR) is 66.7 cm³/mol. The number of hydrogen-bond acceptors (Lipinski definition) is 3. The third-order valence-corrected chi connectivity index (χ3v) is 4.45. The van der Waals surface area contributed by atoms with Gasteiger partial charge in [-0.05, 0) is 48.3 Å². The standard InChI is InChI=1S/C10H17BrN2S/c1-7(2)13(3)9(6-12)10-8(11)4-5-14-10/h4-5,7,9H,6,12H2,1-3H3. The lowest BCUT2D eigenvalue weighted by atomic mass is 10.2. The van der Waals surface area contributed by atoms with E-state index in [1.54, 1.807) is 11.3 Å². The Morgan fingerprint density at radius 1 is 1.57 bits per heavy atom. The van der Waals surface area contributed by atoms with Gasteiger partial charge in [0.25, 0.3) is 0 Å². The van der Waals surface area contributed by atoms with Gasteiger partial charge in [-0.15, -0.1) is 11.3 Å². The zero-order chi connectivity index (χ0) is 10.7. The molecule has 2 nitrogen and oxygen atoms in total. The van der Waals surface area contributed by atoms with E-state index in [4.69, 9.17) is 5.73 Å². The molecular formula is C10H17BrN2S. The summed E-state index contributed by atoms with van der Waals surface area (Å²) in [6.07, 6.45) is 0. The molecule has 0 amide bonds. The summed E-state index contributed by atoms with van der Waals surface area (Å²) >= 11 is 5.31. The van der Waals surface area contributed by atoms with Gasteiger partial charge in [-0.3, -0.25) is 4.90 Å². The maximum Gasteiger partial charge on any atom is 0.0575 e. The minimum atomic E-state index is 0.323. The average Bonchev–Trinajstić information content (AvgIpc) is 2.53. The lowest BCUT2D eigenvalue weighted by Crippen LogP contribution is -2.35. The van der Waals surface area contributed by atoms with Crippen molar-refractivity contribution in [3.63, 3.8) is 0 Å². The molecule has 0 saturated heterocycles. The van der Waals surface area contributed by atoms with Crippen molar-refractivity contribution in [2.24, 2.45) is 5.73 Å². The van der Waals surface area contributed by atoms with Gasteiger partial charge in [0.2, 0.25) is 0 Å². The number of rotatable bonds is 4. The van der Waals surface area contributed by atoms with Gasteiger partial charge < -0.3 is 5.73 Å². The van der Waals surface area contributed by atoms with Gasteiger partial charge in [0.05, 0.1) is 6.04 Å². The summed E-state index contributed by atoms with van der Waals surface area (Å²) in [6.45, 7) is 5.03. The molecule has 0 aromatic carbocycles. The summed E-state index contributed by atoms with van der Waals surface area (Å²) in [6, 6.07) is 2.92. The first-order valence-electron chi connectivity index (χ1n) is 4.72. The smallest absolute Gasteiger partial charge is 0.0575 e. The second-order valence-electron chi connectivity index (χ2n) is 3.64. The molecule has 0 aliphatic heterocycles. The summed E-state index contributed by atoms with van der Waals surface area (Å²) < 4.78 is 1.17. The quantitative estimate of drug-likeness (QED) is 0.917. The van der Waals surface area contributed by atoms with Crippen LogP contribution in [0.2, 0.25) is 0 Å². The first-order chi connectivity index (χ1) is 6.57. The molecule has 0 bridgehead atoms. The Bertz CT molecular complexity index is 285. The molecule has 0 saturated carbocycles. The molecule has 4 heteroatoms. The van der Waals surface area contributed by atoms with Crippen LogP contribution in [0.1, 0.15) is 24.8 Å². The van der Waals surface area contributed by atoms with E-state index in [1.807, 2.05) is 0 Å². The van der Waals surface area contributed by atoms with Crippen molar-refractivity contribution in [1.29, 1.82) is 0 Å². The summed E-state index contributed by atoms with van der Waals surface area (Å²) in [4.78, 5) is 3.63. The van der Waals surface area contributed by atoms with E-state index in [2.05, 4.69) is 53.2 Å². The minimum absolute atomic E-state index is 0.323.